The van der Waals surface area contributed by atoms with Gasteiger partial charge in [0.05, 0.1) is 26.8 Å². The maximum Gasteiger partial charge on any atom is 0.0667 e. The molecule has 2 unspecified atom stereocenters. The van der Waals surface area contributed by atoms with Crippen molar-refractivity contribution in [2.75, 3.05) is 25.4 Å². The Morgan fingerprint density at radius 1 is 1.42 bits per heavy atom. The third-order valence-corrected chi connectivity index (χ3v) is 5.27. The molecule has 0 aromatic heterocycles. The Balaban J connectivity index is 1.92. The quantitative estimate of drug-likeness (QED) is 0.926. The van der Waals surface area contributed by atoms with E-state index in [9.17, 15) is 9.32 Å². The van der Waals surface area contributed by atoms with Gasteiger partial charge < -0.3 is 5.11 Å². The van der Waals surface area contributed by atoms with Crippen molar-refractivity contribution < 1.29 is 9.32 Å². The fourth-order valence-corrected chi connectivity index (χ4v) is 4.01. The maximum absolute atomic E-state index is 12.2. The van der Waals surface area contributed by atoms with Gasteiger partial charge in [0.2, 0.25) is 0 Å². The topological polar surface area (TPSA) is 40.5 Å². The minimum absolute atomic E-state index is 0.253. The van der Waals surface area contributed by atoms with Crippen LogP contribution in [-0.2, 0) is 10.8 Å². The van der Waals surface area contributed by atoms with Crippen molar-refractivity contribution in [3.63, 3.8) is 0 Å². The Labute approximate surface area is 126 Å². The Bertz CT molecular complexity index is 470. The van der Waals surface area contributed by atoms with Crippen molar-refractivity contribution in [2.45, 2.75) is 23.8 Å². The Hall–Kier alpha value is -0.130. The summed E-state index contributed by atoms with van der Waals surface area (Å²) >= 11 is 11.9. The summed E-state index contributed by atoms with van der Waals surface area (Å²) < 4.78 is 12.2. The van der Waals surface area contributed by atoms with E-state index in [0.29, 0.717) is 33.8 Å². The number of aliphatic hydroxyl groups excluding tert-OH is 1. The van der Waals surface area contributed by atoms with Crippen LogP contribution in [0.3, 0.4) is 0 Å². The lowest BCUT2D eigenvalue weighted by atomic mass is 10.1. The SMILES string of the molecule is O=S(CCN1CCCC(O)C1)c1cc(Cl)ccc1Cl. The fourth-order valence-electron chi connectivity index (χ4n) is 2.21. The van der Waals surface area contributed by atoms with E-state index >= 15 is 0 Å². The van der Waals surface area contributed by atoms with Crippen LogP contribution < -0.4 is 0 Å². The monoisotopic (exact) mass is 321 g/mol. The molecule has 106 valence electrons. The smallest absolute Gasteiger partial charge is 0.0667 e. The largest absolute Gasteiger partial charge is 0.392 e. The maximum atomic E-state index is 12.2. The van der Waals surface area contributed by atoms with E-state index in [-0.39, 0.29) is 6.10 Å². The highest BCUT2D eigenvalue weighted by atomic mass is 35.5. The first kappa shape index (κ1) is 15.3. The van der Waals surface area contributed by atoms with Gasteiger partial charge in [-0.05, 0) is 37.6 Å². The number of piperidine rings is 1. The first-order valence-electron chi connectivity index (χ1n) is 6.30. The van der Waals surface area contributed by atoms with Crippen molar-refractivity contribution in [3.8, 4) is 0 Å². The molecule has 1 aromatic carbocycles. The fraction of sp³-hybridized carbons (Fsp3) is 0.538. The van der Waals surface area contributed by atoms with E-state index < -0.39 is 10.8 Å². The second-order valence-corrected chi connectivity index (χ2v) is 7.10. The summed E-state index contributed by atoms with van der Waals surface area (Å²) in [6.07, 6.45) is 1.60. The number of nitrogens with zero attached hydrogens (tertiary/aromatic N) is 1. The first-order valence-corrected chi connectivity index (χ1v) is 8.37. The highest BCUT2D eigenvalue weighted by molar-refractivity contribution is 7.85. The second-order valence-electron chi connectivity index (χ2n) is 4.72. The Morgan fingerprint density at radius 3 is 2.95 bits per heavy atom. The summed E-state index contributed by atoms with van der Waals surface area (Å²) in [5.41, 5.74) is 0. The van der Waals surface area contributed by atoms with Crippen molar-refractivity contribution in [1.29, 1.82) is 0 Å². The molecule has 6 heteroatoms. The normalized spacial score (nSPS) is 22.4. The molecule has 0 amide bonds. The number of hydrogen-bond donors (Lipinski definition) is 1. The zero-order valence-corrected chi connectivity index (χ0v) is 12.8. The van der Waals surface area contributed by atoms with Crippen LogP contribution in [0.25, 0.3) is 0 Å². The lowest BCUT2D eigenvalue weighted by molar-refractivity contribution is 0.0742. The lowest BCUT2D eigenvalue weighted by Crippen LogP contribution is -2.40. The van der Waals surface area contributed by atoms with E-state index in [1.165, 1.54) is 0 Å². The van der Waals surface area contributed by atoms with Crippen molar-refractivity contribution in [1.82, 2.24) is 4.90 Å². The molecule has 1 aliphatic rings. The number of rotatable bonds is 4. The van der Waals surface area contributed by atoms with Crippen molar-refractivity contribution in [3.05, 3.63) is 28.2 Å². The number of likely N-dealkylation sites (tertiary alicyclic amines) is 1. The first-order chi connectivity index (χ1) is 9.06. The van der Waals surface area contributed by atoms with Crippen LogP contribution in [0.2, 0.25) is 10.0 Å². The van der Waals surface area contributed by atoms with E-state index in [2.05, 4.69) is 4.90 Å². The van der Waals surface area contributed by atoms with Gasteiger partial charge in [-0.15, -0.1) is 0 Å². The Kier molecular flexibility index (Phi) is 5.66. The number of hydrogen-bond acceptors (Lipinski definition) is 3. The van der Waals surface area contributed by atoms with Crippen LogP contribution in [-0.4, -0.2) is 45.7 Å². The van der Waals surface area contributed by atoms with Gasteiger partial charge in [-0.3, -0.25) is 9.11 Å². The van der Waals surface area contributed by atoms with Gasteiger partial charge in [-0.25, -0.2) is 0 Å². The summed E-state index contributed by atoms with van der Waals surface area (Å²) in [6, 6.07) is 5.01. The van der Waals surface area contributed by atoms with E-state index in [1.807, 2.05) is 0 Å². The summed E-state index contributed by atoms with van der Waals surface area (Å²) in [4.78, 5) is 2.73. The molecule has 0 bridgehead atoms. The molecule has 2 rings (SSSR count). The Morgan fingerprint density at radius 2 is 2.21 bits per heavy atom. The minimum Gasteiger partial charge on any atom is -0.392 e. The summed E-state index contributed by atoms with van der Waals surface area (Å²) in [7, 11) is -1.16. The molecule has 0 radical (unpaired) electrons. The van der Waals surface area contributed by atoms with Gasteiger partial charge in [0.1, 0.15) is 0 Å². The molecule has 1 aliphatic heterocycles. The molecule has 1 N–H and O–H groups in total. The number of halogens is 2. The van der Waals surface area contributed by atoms with Crippen molar-refractivity contribution >= 4 is 34.0 Å². The van der Waals surface area contributed by atoms with Gasteiger partial charge in [0.25, 0.3) is 0 Å². The summed E-state index contributed by atoms with van der Waals surface area (Å²) in [5, 5.41) is 10.6. The second kappa shape index (κ2) is 7.04. The van der Waals surface area contributed by atoms with Gasteiger partial charge in [0.15, 0.2) is 0 Å². The van der Waals surface area contributed by atoms with Crippen LogP contribution in [0.15, 0.2) is 23.1 Å². The molecule has 19 heavy (non-hydrogen) atoms. The summed E-state index contributed by atoms with van der Waals surface area (Å²) in [6.45, 7) is 2.32. The number of β-amino-alcohol motifs (C(OH)–C–C–N with tert-alkyl or cyclic N) is 1. The lowest BCUT2D eigenvalue weighted by Gasteiger charge is -2.29. The third-order valence-electron chi connectivity index (χ3n) is 3.21. The molecule has 1 fully saturated rings. The van der Waals surface area contributed by atoms with Crippen molar-refractivity contribution in [2.24, 2.45) is 0 Å². The van der Waals surface area contributed by atoms with E-state index in [4.69, 9.17) is 23.2 Å². The molecule has 0 aliphatic carbocycles. The number of aliphatic hydroxyl groups is 1. The van der Waals surface area contributed by atoms with Gasteiger partial charge in [0, 0.05) is 23.9 Å². The average molecular weight is 322 g/mol. The van der Waals surface area contributed by atoms with E-state index in [0.717, 1.165) is 19.4 Å². The highest BCUT2D eigenvalue weighted by Gasteiger charge is 2.18. The third kappa shape index (κ3) is 4.43. The highest BCUT2D eigenvalue weighted by Crippen LogP contribution is 2.24. The van der Waals surface area contributed by atoms with Gasteiger partial charge in [-0.2, -0.15) is 0 Å². The molecule has 0 saturated carbocycles. The van der Waals surface area contributed by atoms with E-state index in [1.54, 1.807) is 18.2 Å². The van der Waals surface area contributed by atoms with Crippen LogP contribution in [0.5, 0.6) is 0 Å². The standard InChI is InChI=1S/C13H17Cl2NO2S/c14-10-3-4-12(15)13(8-10)19(18)7-6-16-5-1-2-11(17)9-16/h3-4,8,11,17H,1-2,5-7,9H2. The van der Waals surface area contributed by atoms with Gasteiger partial charge in [-0.1, -0.05) is 23.2 Å². The molecule has 3 nitrogen and oxygen atoms in total. The average Bonchev–Trinajstić information content (AvgIpc) is 2.39. The zero-order valence-electron chi connectivity index (χ0n) is 10.5. The molecule has 0 spiro atoms. The number of benzene rings is 1. The molecule has 1 heterocycles. The predicted octanol–water partition coefficient (Wildman–Crippen LogP) is 2.56. The van der Waals surface area contributed by atoms with Crippen LogP contribution in [0.1, 0.15) is 12.8 Å². The molecule has 2 atom stereocenters. The molecular formula is C13H17Cl2NO2S. The molecular weight excluding hydrogens is 305 g/mol. The molecule has 1 saturated heterocycles. The summed E-state index contributed by atoms with van der Waals surface area (Å²) in [5.74, 6) is 0.507. The minimum atomic E-state index is -1.16. The van der Waals surface area contributed by atoms with Gasteiger partial charge >= 0.3 is 0 Å². The predicted molar refractivity (Wildman–Crippen MR) is 79.4 cm³/mol. The van der Waals surface area contributed by atoms with Crippen LogP contribution in [0.4, 0.5) is 0 Å². The van der Waals surface area contributed by atoms with Crippen LogP contribution >= 0.6 is 23.2 Å². The zero-order chi connectivity index (χ0) is 13.8. The molecule has 1 aromatic rings. The van der Waals surface area contributed by atoms with Crippen LogP contribution in [0, 0.1) is 0 Å².